The average Bonchev–Trinajstić information content (AvgIpc) is 2.50. The molecule has 2 rings (SSSR count). The van der Waals surface area contributed by atoms with Crippen molar-refractivity contribution in [3.8, 4) is 0 Å². The van der Waals surface area contributed by atoms with Gasteiger partial charge in [-0.2, -0.15) is 11.8 Å². The second kappa shape index (κ2) is 6.85. The fraction of sp³-hybridized carbons (Fsp3) is 0.467. The van der Waals surface area contributed by atoms with Gasteiger partial charge in [-0.1, -0.05) is 25.1 Å². The Morgan fingerprint density at radius 1 is 1.48 bits per heavy atom. The minimum atomic E-state index is -0.861. The Labute approximate surface area is 128 Å². The minimum Gasteiger partial charge on any atom is -0.481 e. The summed E-state index contributed by atoms with van der Waals surface area (Å²) in [4.78, 5) is 25.2. The van der Waals surface area contributed by atoms with Crippen molar-refractivity contribution in [2.24, 2.45) is 5.92 Å². The number of para-hydroxylation sites is 1. The zero-order chi connectivity index (χ0) is 15.4. The Balaban J connectivity index is 2.17. The summed E-state index contributed by atoms with van der Waals surface area (Å²) in [7, 11) is 0. The topological polar surface area (TPSA) is 69.6 Å². The molecule has 0 aromatic heterocycles. The van der Waals surface area contributed by atoms with Crippen molar-refractivity contribution < 1.29 is 14.7 Å². The van der Waals surface area contributed by atoms with Crippen LogP contribution in [0.15, 0.2) is 24.3 Å². The summed E-state index contributed by atoms with van der Waals surface area (Å²) in [6, 6.07) is 7.26. The highest BCUT2D eigenvalue weighted by atomic mass is 32.2. The van der Waals surface area contributed by atoms with Crippen molar-refractivity contribution in [2.75, 3.05) is 24.2 Å². The number of nitrogens with zero attached hydrogens (tertiary/aromatic N) is 1. The number of carbonyl (C=O) groups is 2. The zero-order valence-electron chi connectivity index (χ0n) is 12.2. The highest BCUT2D eigenvalue weighted by Crippen LogP contribution is 2.29. The molecule has 0 radical (unpaired) electrons. The van der Waals surface area contributed by atoms with E-state index in [4.69, 9.17) is 0 Å². The van der Waals surface area contributed by atoms with Crippen LogP contribution in [0.2, 0.25) is 0 Å². The first-order chi connectivity index (χ1) is 10.0. The van der Waals surface area contributed by atoms with Gasteiger partial charge in [0.25, 0.3) is 0 Å². The van der Waals surface area contributed by atoms with Gasteiger partial charge < -0.3 is 10.4 Å². The maximum Gasteiger partial charge on any atom is 0.321 e. The predicted molar refractivity (Wildman–Crippen MR) is 85.0 cm³/mol. The molecule has 0 saturated heterocycles. The smallest absolute Gasteiger partial charge is 0.321 e. The highest BCUT2D eigenvalue weighted by molar-refractivity contribution is 7.99. The van der Waals surface area contributed by atoms with Gasteiger partial charge in [-0.3, -0.25) is 9.69 Å². The Morgan fingerprint density at radius 3 is 2.86 bits per heavy atom. The molecule has 0 spiro atoms. The molecule has 0 bridgehead atoms. The molecule has 0 aliphatic carbocycles. The Hall–Kier alpha value is -1.69. The van der Waals surface area contributed by atoms with Crippen molar-refractivity contribution >= 4 is 29.4 Å². The van der Waals surface area contributed by atoms with E-state index in [1.165, 1.54) is 0 Å². The van der Waals surface area contributed by atoms with E-state index >= 15 is 0 Å². The van der Waals surface area contributed by atoms with E-state index in [9.17, 15) is 14.7 Å². The molecule has 5 nitrogen and oxygen atoms in total. The number of carboxylic acids is 1. The first-order valence-corrected chi connectivity index (χ1v) is 8.20. The Morgan fingerprint density at radius 2 is 2.19 bits per heavy atom. The molecular weight excluding hydrogens is 288 g/mol. The van der Waals surface area contributed by atoms with Gasteiger partial charge >= 0.3 is 12.0 Å². The number of benzene rings is 1. The number of thioether (sulfide) groups is 1. The van der Waals surface area contributed by atoms with E-state index in [-0.39, 0.29) is 12.6 Å². The molecule has 6 heteroatoms. The number of aliphatic carboxylic acids is 1. The van der Waals surface area contributed by atoms with Crippen LogP contribution in [0, 0.1) is 5.92 Å². The molecule has 1 aromatic carbocycles. The van der Waals surface area contributed by atoms with Crippen LogP contribution in [0.3, 0.4) is 0 Å². The van der Waals surface area contributed by atoms with Gasteiger partial charge in [0.1, 0.15) is 0 Å². The number of amides is 2. The van der Waals surface area contributed by atoms with Crippen molar-refractivity contribution in [1.82, 2.24) is 5.32 Å². The number of hydrogen-bond acceptors (Lipinski definition) is 3. The summed E-state index contributed by atoms with van der Waals surface area (Å²) in [6.45, 7) is 2.82. The molecule has 1 aliphatic heterocycles. The monoisotopic (exact) mass is 308 g/mol. The second-order valence-electron chi connectivity index (χ2n) is 5.21. The molecule has 2 unspecified atom stereocenters. The summed E-state index contributed by atoms with van der Waals surface area (Å²) < 4.78 is 0. The van der Waals surface area contributed by atoms with Gasteiger partial charge in [0.2, 0.25) is 0 Å². The molecule has 2 atom stereocenters. The second-order valence-corrected chi connectivity index (χ2v) is 6.49. The predicted octanol–water partition coefficient (Wildman–Crippen LogP) is 2.21. The van der Waals surface area contributed by atoms with Crippen LogP contribution in [-0.2, 0) is 11.2 Å². The van der Waals surface area contributed by atoms with E-state index in [0.717, 1.165) is 11.3 Å². The van der Waals surface area contributed by atoms with Gasteiger partial charge in [0, 0.05) is 24.0 Å². The number of nitrogens with one attached hydrogen (secondary N) is 1. The molecule has 1 heterocycles. The summed E-state index contributed by atoms with van der Waals surface area (Å²) >= 11 is 1.68. The summed E-state index contributed by atoms with van der Waals surface area (Å²) in [5.41, 5.74) is 1.72. The largest absolute Gasteiger partial charge is 0.481 e. The molecule has 2 amide bonds. The van der Waals surface area contributed by atoms with Gasteiger partial charge in [-0.15, -0.1) is 0 Å². The van der Waals surface area contributed by atoms with E-state index in [1.54, 1.807) is 16.7 Å². The molecular formula is C15H20N2O3S. The molecule has 0 saturated carbocycles. The Kier molecular flexibility index (Phi) is 5.12. The number of carboxylic acid groups (broad SMARTS) is 1. The van der Waals surface area contributed by atoms with E-state index in [1.807, 2.05) is 37.4 Å². The molecule has 0 fully saturated rings. The lowest BCUT2D eigenvalue weighted by Gasteiger charge is -2.33. The summed E-state index contributed by atoms with van der Waals surface area (Å²) in [5.74, 6) is -1.41. The zero-order valence-corrected chi connectivity index (χ0v) is 13.0. The van der Waals surface area contributed by atoms with Crippen LogP contribution in [0.5, 0.6) is 0 Å². The van der Waals surface area contributed by atoms with Crippen LogP contribution in [0.25, 0.3) is 0 Å². The lowest BCUT2D eigenvalue weighted by molar-refractivity contribution is -0.141. The highest BCUT2D eigenvalue weighted by Gasteiger charge is 2.32. The lowest BCUT2D eigenvalue weighted by Crippen LogP contribution is -2.48. The molecule has 114 valence electrons. The van der Waals surface area contributed by atoms with Gasteiger partial charge in [0.05, 0.1) is 5.92 Å². The maximum atomic E-state index is 12.4. The first-order valence-electron chi connectivity index (χ1n) is 6.91. The van der Waals surface area contributed by atoms with Crippen molar-refractivity contribution in [3.05, 3.63) is 29.8 Å². The molecule has 2 N–H and O–H groups in total. The van der Waals surface area contributed by atoms with Crippen molar-refractivity contribution in [3.63, 3.8) is 0 Å². The van der Waals surface area contributed by atoms with Crippen LogP contribution in [0.1, 0.15) is 12.5 Å². The number of urea groups is 1. The van der Waals surface area contributed by atoms with Crippen molar-refractivity contribution in [1.29, 1.82) is 0 Å². The van der Waals surface area contributed by atoms with Gasteiger partial charge in [-0.05, 0) is 24.3 Å². The Bertz CT molecular complexity index is 535. The number of anilines is 1. The normalized spacial score (nSPS) is 18.8. The fourth-order valence-electron chi connectivity index (χ4n) is 2.36. The lowest BCUT2D eigenvalue weighted by atomic mass is 9.93. The number of hydrogen-bond donors (Lipinski definition) is 2. The summed E-state index contributed by atoms with van der Waals surface area (Å²) in [5, 5.41) is 12.5. The van der Waals surface area contributed by atoms with Gasteiger partial charge in [0.15, 0.2) is 0 Å². The SMILES string of the molecule is CSC(C)CNC(=O)N1CC(C(=O)O)Cc2ccccc21. The van der Waals surface area contributed by atoms with Crippen molar-refractivity contribution in [2.45, 2.75) is 18.6 Å². The third-order valence-corrected chi connectivity index (χ3v) is 4.66. The molecule has 1 aliphatic rings. The first kappa shape index (κ1) is 15.7. The third kappa shape index (κ3) is 3.69. The number of carbonyl (C=O) groups excluding carboxylic acids is 1. The average molecular weight is 308 g/mol. The maximum absolute atomic E-state index is 12.4. The van der Waals surface area contributed by atoms with E-state index in [0.29, 0.717) is 18.2 Å². The van der Waals surface area contributed by atoms with Crippen LogP contribution in [-0.4, -0.2) is 41.7 Å². The number of fused-ring (bicyclic) bond motifs is 1. The number of rotatable bonds is 4. The van der Waals surface area contributed by atoms with E-state index < -0.39 is 11.9 Å². The minimum absolute atomic E-state index is 0.214. The molecule has 1 aromatic rings. The molecule has 21 heavy (non-hydrogen) atoms. The van der Waals surface area contributed by atoms with Crippen LogP contribution in [0.4, 0.5) is 10.5 Å². The van der Waals surface area contributed by atoms with Crippen LogP contribution < -0.4 is 10.2 Å². The fourth-order valence-corrected chi connectivity index (χ4v) is 2.61. The standard InChI is InChI=1S/C15H20N2O3S/c1-10(21-2)8-16-15(20)17-9-12(14(18)19)7-11-5-3-4-6-13(11)17/h3-6,10,12H,7-9H2,1-2H3,(H,16,20)(H,18,19). The quantitative estimate of drug-likeness (QED) is 0.895. The summed E-state index contributed by atoms with van der Waals surface area (Å²) in [6.07, 6.45) is 2.46. The van der Waals surface area contributed by atoms with E-state index in [2.05, 4.69) is 5.32 Å². The third-order valence-electron chi connectivity index (χ3n) is 3.69. The van der Waals surface area contributed by atoms with Crippen LogP contribution >= 0.6 is 11.8 Å². The van der Waals surface area contributed by atoms with Gasteiger partial charge in [-0.25, -0.2) is 4.79 Å².